The van der Waals surface area contributed by atoms with Crippen molar-refractivity contribution in [1.29, 1.82) is 5.26 Å². The van der Waals surface area contributed by atoms with Gasteiger partial charge in [-0.1, -0.05) is 13.0 Å². The maximum Gasteiger partial charge on any atom is 0.308 e. The number of carbonyl (C=O) groups excluding carboxylic acids is 1. The molecule has 1 aromatic carbocycles. The Morgan fingerprint density at radius 3 is 3.05 bits per heavy atom. The zero-order valence-corrected chi connectivity index (χ0v) is 12.7. The van der Waals surface area contributed by atoms with Crippen LogP contribution in [0.25, 0.3) is 10.9 Å². The number of carbonyl (C=O) groups is 1. The predicted molar refractivity (Wildman–Crippen MR) is 81.3 cm³/mol. The zero-order chi connectivity index (χ0) is 15.7. The van der Waals surface area contributed by atoms with Crippen LogP contribution in [0.2, 0.25) is 0 Å². The van der Waals surface area contributed by atoms with E-state index < -0.39 is 5.60 Å². The summed E-state index contributed by atoms with van der Waals surface area (Å²) < 4.78 is 10.8. The maximum absolute atomic E-state index is 11.8. The average molecular weight is 298 g/mol. The molecule has 1 aliphatic heterocycles. The molecule has 0 spiro atoms. The van der Waals surface area contributed by atoms with Gasteiger partial charge in [0.25, 0.3) is 0 Å². The van der Waals surface area contributed by atoms with Crippen molar-refractivity contribution in [3.05, 3.63) is 35.0 Å². The highest BCUT2D eigenvalue weighted by Crippen LogP contribution is 2.42. The van der Waals surface area contributed by atoms with Gasteiger partial charge in [0.1, 0.15) is 5.60 Å². The summed E-state index contributed by atoms with van der Waals surface area (Å²) in [6.45, 7) is 2.53. The molecule has 1 aliphatic rings. The van der Waals surface area contributed by atoms with E-state index in [0.717, 1.165) is 28.6 Å². The van der Waals surface area contributed by atoms with E-state index in [4.69, 9.17) is 9.47 Å². The molecule has 22 heavy (non-hydrogen) atoms. The highest BCUT2D eigenvalue weighted by atomic mass is 16.5. The number of hydrogen-bond donors (Lipinski definition) is 1. The SMILES string of the molecule is CCC1(CC(=O)OC)OCCc2c1[nH]c1cccc(C#N)c21. The molecule has 2 aromatic rings. The fraction of sp³-hybridized carbons (Fsp3) is 0.412. The van der Waals surface area contributed by atoms with Crippen LogP contribution < -0.4 is 0 Å². The number of aromatic amines is 1. The quantitative estimate of drug-likeness (QED) is 0.884. The first-order valence-electron chi connectivity index (χ1n) is 7.40. The largest absolute Gasteiger partial charge is 0.469 e. The smallest absolute Gasteiger partial charge is 0.308 e. The van der Waals surface area contributed by atoms with Crippen LogP contribution in [0.4, 0.5) is 0 Å². The molecule has 0 fully saturated rings. The van der Waals surface area contributed by atoms with E-state index in [1.165, 1.54) is 7.11 Å². The van der Waals surface area contributed by atoms with Gasteiger partial charge < -0.3 is 14.5 Å². The zero-order valence-electron chi connectivity index (χ0n) is 12.7. The summed E-state index contributed by atoms with van der Waals surface area (Å²) >= 11 is 0. The minimum atomic E-state index is -0.702. The Balaban J connectivity index is 2.22. The molecule has 1 aromatic heterocycles. The number of fused-ring (bicyclic) bond motifs is 3. The molecule has 114 valence electrons. The van der Waals surface area contributed by atoms with E-state index in [1.807, 2.05) is 25.1 Å². The highest BCUT2D eigenvalue weighted by Gasteiger charge is 2.41. The van der Waals surface area contributed by atoms with Crippen LogP contribution in [-0.2, 0) is 26.3 Å². The van der Waals surface area contributed by atoms with E-state index in [2.05, 4.69) is 11.1 Å². The summed E-state index contributed by atoms with van der Waals surface area (Å²) in [7, 11) is 1.38. The molecule has 0 radical (unpaired) electrons. The van der Waals surface area contributed by atoms with Gasteiger partial charge in [-0.2, -0.15) is 5.26 Å². The van der Waals surface area contributed by atoms with Crippen molar-refractivity contribution in [1.82, 2.24) is 4.98 Å². The van der Waals surface area contributed by atoms with E-state index in [-0.39, 0.29) is 12.4 Å². The number of esters is 1. The second kappa shape index (κ2) is 5.47. The third-order valence-corrected chi connectivity index (χ3v) is 4.46. The van der Waals surface area contributed by atoms with E-state index >= 15 is 0 Å². The highest BCUT2D eigenvalue weighted by molar-refractivity contribution is 5.90. The lowest BCUT2D eigenvalue weighted by atomic mass is 9.86. The number of aromatic nitrogens is 1. The molecule has 5 nitrogen and oxygen atoms in total. The van der Waals surface area contributed by atoms with Gasteiger partial charge in [0.2, 0.25) is 0 Å². The van der Waals surface area contributed by atoms with Crippen molar-refractivity contribution in [3.63, 3.8) is 0 Å². The summed E-state index contributed by atoms with van der Waals surface area (Å²) in [5, 5.41) is 10.3. The number of methoxy groups -OCH3 is 1. The molecule has 2 heterocycles. The van der Waals surface area contributed by atoms with Crippen molar-refractivity contribution in [2.45, 2.75) is 31.8 Å². The minimum absolute atomic E-state index is 0.168. The summed E-state index contributed by atoms with van der Waals surface area (Å²) in [4.78, 5) is 15.2. The fourth-order valence-corrected chi connectivity index (χ4v) is 3.32. The number of nitrogens with zero attached hydrogens (tertiary/aromatic N) is 1. The van der Waals surface area contributed by atoms with Gasteiger partial charge in [-0.3, -0.25) is 4.79 Å². The lowest BCUT2D eigenvalue weighted by Gasteiger charge is -2.35. The van der Waals surface area contributed by atoms with Crippen molar-refractivity contribution in [2.75, 3.05) is 13.7 Å². The second-order valence-corrected chi connectivity index (χ2v) is 5.52. The van der Waals surface area contributed by atoms with Crippen LogP contribution in [0.3, 0.4) is 0 Å². The van der Waals surface area contributed by atoms with E-state index in [9.17, 15) is 10.1 Å². The molecular weight excluding hydrogens is 280 g/mol. The predicted octanol–water partition coefficient (Wildman–Crippen LogP) is 2.78. The van der Waals surface area contributed by atoms with Gasteiger partial charge in [-0.05, 0) is 30.5 Å². The standard InChI is InChI=1S/C17H18N2O3/c1-3-17(9-14(20)21-2)16-12(7-8-22-17)15-11(10-18)5-4-6-13(15)19-16/h4-6,19H,3,7-9H2,1-2H3. The number of rotatable bonds is 3. The summed E-state index contributed by atoms with van der Waals surface area (Å²) in [5.41, 5.74) is 2.86. The molecule has 0 bridgehead atoms. The molecule has 1 unspecified atom stereocenters. The molecule has 0 aliphatic carbocycles. The fourth-order valence-electron chi connectivity index (χ4n) is 3.32. The van der Waals surface area contributed by atoms with Crippen molar-refractivity contribution >= 4 is 16.9 Å². The number of ether oxygens (including phenoxy) is 2. The van der Waals surface area contributed by atoms with Gasteiger partial charge in [0.05, 0.1) is 37.5 Å². The molecule has 0 saturated heterocycles. The van der Waals surface area contributed by atoms with Crippen molar-refractivity contribution in [3.8, 4) is 6.07 Å². The molecule has 0 amide bonds. The lowest BCUT2D eigenvalue weighted by Crippen LogP contribution is -2.37. The van der Waals surface area contributed by atoms with Crippen molar-refractivity contribution in [2.24, 2.45) is 0 Å². The number of nitriles is 1. The van der Waals surface area contributed by atoms with Gasteiger partial charge in [-0.25, -0.2) is 0 Å². The Kier molecular flexibility index (Phi) is 3.63. The Morgan fingerprint density at radius 1 is 1.55 bits per heavy atom. The Morgan fingerprint density at radius 2 is 2.36 bits per heavy atom. The van der Waals surface area contributed by atoms with E-state index in [1.54, 1.807) is 0 Å². The van der Waals surface area contributed by atoms with E-state index in [0.29, 0.717) is 18.6 Å². The molecule has 3 rings (SSSR count). The first-order valence-corrected chi connectivity index (χ1v) is 7.40. The third kappa shape index (κ3) is 2.08. The Bertz CT molecular complexity index is 772. The summed E-state index contributed by atoms with van der Waals surface area (Å²) in [6.07, 6.45) is 1.56. The monoisotopic (exact) mass is 298 g/mol. The van der Waals surface area contributed by atoms with Crippen LogP contribution in [0.15, 0.2) is 18.2 Å². The third-order valence-electron chi connectivity index (χ3n) is 4.46. The molecule has 5 heteroatoms. The summed E-state index contributed by atoms with van der Waals surface area (Å²) in [5.74, 6) is -0.297. The van der Waals surface area contributed by atoms with Crippen LogP contribution in [0.1, 0.15) is 36.6 Å². The van der Waals surface area contributed by atoms with Crippen LogP contribution >= 0.6 is 0 Å². The van der Waals surface area contributed by atoms with Gasteiger partial charge in [0.15, 0.2) is 0 Å². The Hall–Kier alpha value is -2.32. The molecular formula is C17H18N2O3. The lowest BCUT2D eigenvalue weighted by molar-refractivity contribution is -0.152. The topological polar surface area (TPSA) is 75.1 Å². The van der Waals surface area contributed by atoms with Gasteiger partial charge >= 0.3 is 5.97 Å². The number of hydrogen-bond acceptors (Lipinski definition) is 4. The summed E-state index contributed by atoms with van der Waals surface area (Å²) in [6, 6.07) is 7.88. The average Bonchev–Trinajstić information content (AvgIpc) is 2.94. The minimum Gasteiger partial charge on any atom is -0.469 e. The van der Waals surface area contributed by atoms with Crippen LogP contribution in [0, 0.1) is 11.3 Å². The number of H-pyrrole nitrogens is 1. The van der Waals surface area contributed by atoms with Crippen LogP contribution in [0.5, 0.6) is 0 Å². The normalized spacial score (nSPS) is 20.4. The van der Waals surface area contributed by atoms with Gasteiger partial charge in [-0.15, -0.1) is 0 Å². The Labute approximate surface area is 128 Å². The number of benzene rings is 1. The molecule has 1 N–H and O–H groups in total. The maximum atomic E-state index is 11.8. The first kappa shape index (κ1) is 14.6. The van der Waals surface area contributed by atoms with Crippen LogP contribution in [-0.4, -0.2) is 24.7 Å². The van der Waals surface area contributed by atoms with Crippen molar-refractivity contribution < 1.29 is 14.3 Å². The number of nitrogens with one attached hydrogen (secondary N) is 1. The van der Waals surface area contributed by atoms with Gasteiger partial charge in [0, 0.05) is 10.9 Å². The second-order valence-electron chi connectivity index (χ2n) is 5.52. The first-order chi connectivity index (χ1) is 10.6. The molecule has 0 saturated carbocycles. The molecule has 1 atom stereocenters.